The van der Waals surface area contributed by atoms with Gasteiger partial charge in [-0.2, -0.15) is 0 Å². The molecule has 0 aliphatic carbocycles. The van der Waals surface area contributed by atoms with E-state index in [1.54, 1.807) is 0 Å². The first kappa shape index (κ1) is 23.5. The van der Waals surface area contributed by atoms with Crippen LogP contribution in [0.5, 0.6) is 0 Å². The Bertz CT molecular complexity index is 925. The third-order valence-electron chi connectivity index (χ3n) is 6.83. The number of nitrogens with zero attached hydrogens (tertiary/aromatic N) is 3. The zero-order valence-corrected chi connectivity index (χ0v) is 19.7. The summed E-state index contributed by atoms with van der Waals surface area (Å²) in [6.45, 7) is 8.16. The lowest BCUT2D eigenvalue weighted by Crippen LogP contribution is -2.53. The molecule has 0 bridgehead atoms. The van der Waals surface area contributed by atoms with Gasteiger partial charge < -0.3 is 10.2 Å². The van der Waals surface area contributed by atoms with Gasteiger partial charge in [-0.3, -0.25) is 19.4 Å². The van der Waals surface area contributed by atoms with E-state index in [0.29, 0.717) is 19.6 Å². The molecular weight excluding hydrogens is 412 g/mol. The fourth-order valence-electron chi connectivity index (χ4n) is 4.97. The summed E-state index contributed by atoms with van der Waals surface area (Å²) in [7, 11) is 0. The lowest BCUT2D eigenvalue weighted by Gasteiger charge is -2.38. The summed E-state index contributed by atoms with van der Waals surface area (Å²) in [5.74, 6) is 0.385. The second-order valence-corrected chi connectivity index (χ2v) is 9.22. The fraction of sp³-hybridized carbons (Fsp3) is 0.481. The topological polar surface area (TPSA) is 55.9 Å². The average Bonchev–Trinajstić information content (AvgIpc) is 2.85. The minimum absolute atomic E-state index is 0.0134. The van der Waals surface area contributed by atoms with Crippen LogP contribution >= 0.6 is 0 Å². The molecule has 6 heteroatoms. The van der Waals surface area contributed by atoms with Crippen molar-refractivity contribution in [2.24, 2.45) is 5.92 Å². The molecule has 176 valence electrons. The van der Waals surface area contributed by atoms with Gasteiger partial charge in [0.2, 0.25) is 11.8 Å². The summed E-state index contributed by atoms with van der Waals surface area (Å²) in [5.41, 5.74) is 3.35. The van der Waals surface area contributed by atoms with Crippen molar-refractivity contribution in [3.63, 3.8) is 0 Å². The number of nitrogens with one attached hydrogen (secondary N) is 1. The molecular formula is C27H36N4O2. The minimum atomic E-state index is 0.0134. The minimum Gasteiger partial charge on any atom is -0.340 e. The number of hydrogen-bond donors (Lipinski definition) is 1. The van der Waals surface area contributed by atoms with Crippen molar-refractivity contribution in [3.05, 3.63) is 65.7 Å². The van der Waals surface area contributed by atoms with Gasteiger partial charge in [-0.25, -0.2) is 0 Å². The van der Waals surface area contributed by atoms with E-state index >= 15 is 0 Å². The number of amides is 2. The standard InChI is InChI=1S/C27H36N4O2/c1-2-23-11-6-7-13-25(23)28-26(32)21-29-15-17-31(18-16-29)27(33)24-12-8-14-30(20-24)19-22-9-4-3-5-10-22/h3-7,9-11,13,24H,2,8,12,14-21H2,1H3,(H,28,32). The first-order chi connectivity index (χ1) is 16.1. The van der Waals surface area contributed by atoms with Gasteiger partial charge in [0.15, 0.2) is 0 Å². The maximum Gasteiger partial charge on any atom is 0.238 e. The Morgan fingerprint density at radius 2 is 1.64 bits per heavy atom. The molecule has 2 aliphatic heterocycles. The molecule has 2 heterocycles. The molecule has 2 fully saturated rings. The molecule has 1 unspecified atom stereocenters. The number of benzene rings is 2. The van der Waals surface area contributed by atoms with Crippen LogP contribution in [-0.2, 0) is 22.6 Å². The van der Waals surface area contributed by atoms with Crippen LogP contribution in [0.4, 0.5) is 5.69 Å². The van der Waals surface area contributed by atoms with Crippen LogP contribution in [0, 0.1) is 5.92 Å². The number of piperazine rings is 1. The number of piperidine rings is 1. The highest BCUT2D eigenvalue weighted by atomic mass is 16.2. The van der Waals surface area contributed by atoms with E-state index in [-0.39, 0.29) is 17.7 Å². The van der Waals surface area contributed by atoms with Gasteiger partial charge in [0.25, 0.3) is 0 Å². The predicted molar refractivity (Wildman–Crippen MR) is 132 cm³/mol. The number of carbonyl (C=O) groups excluding carboxylic acids is 2. The Morgan fingerprint density at radius 1 is 0.909 bits per heavy atom. The number of rotatable bonds is 7. The number of aryl methyl sites for hydroxylation is 1. The van der Waals surface area contributed by atoms with Crippen LogP contribution in [0.2, 0.25) is 0 Å². The molecule has 2 amide bonds. The van der Waals surface area contributed by atoms with Gasteiger partial charge in [0, 0.05) is 45.0 Å². The molecule has 1 atom stereocenters. The highest BCUT2D eigenvalue weighted by Crippen LogP contribution is 2.21. The Hall–Kier alpha value is -2.70. The average molecular weight is 449 g/mol. The van der Waals surface area contributed by atoms with E-state index in [1.807, 2.05) is 35.2 Å². The smallest absolute Gasteiger partial charge is 0.238 e. The van der Waals surface area contributed by atoms with Gasteiger partial charge in [-0.15, -0.1) is 0 Å². The van der Waals surface area contributed by atoms with Gasteiger partial charge in [0.05, 0.1) is 12.5 Å². The quantitative estimate of drug-likeness (QED) is 0.707. The molecule has 33 heavy (non-hydrogen) atoms. The molecule has 2 aromatic rings. The molecule has 0 radical (unpaired) electrons. The van der Waals surface area contributed by atoms with E-state index in [2.05, 4.69) is 46.3 Å². The maximum absolute atomic E-state index is 13.2. The molecule has 2 saturated heterocycles. The molecule has 0 spiro atoms. The van der Waals surface area contributed by atoms with E-state index in [9.17, 15) is 9.59 Å². The van der Waals surface area contributed by atoms with Crippen LogP contribution < -0.4 is 5.32 Å². The molecule has 2 aliphatic rings. The molecule has 6 nitrogen and oxygen atoms in total. The van der Waals surface area contributed by atoms with Gasteiger partial charge in [-0.05, 0) is 43.0 Å². The Morgan fingerprint density at radius 3 is 2.39 bits per heavy atom. The van der Waals surface area contributed by atoms with Crippen molar-refractivity contribution in [2.75, 3.05) is 51.1 Å². The van der Waals surface area contributed by atoms with Crippen molar-refractivity contribution in [3.8, 4) is 0 Å². The second kappa shape index (κ2) is 11.4. The maximum atomic E-state index is 13.2. The monoisotopic (exact) mass is 448 g/mol. The normalized spacial score (nSPS) is 19.9. The fourth-order valence-corrected chi connectivity index (χ4v) is 4.97. The summed E-state index contributed by atoms with van der Waals surface area (Å²) >= 11 is 0. The van der Waals surface area contributed by atoms with Crippen molar-refractivity contribution in [2.45, 2.75) is 32.7 Å². The van der Waals surface area contributed by atoms with Crippen molar-refractivity contribution in [1.29, 1.82) is 0 Å². The SMILES string of the molecule is CCc1ccccc1NC(=O)CN1CCN(C(=O)C2CCCN(Cc3ccccc3)C2)CC1. The predicted octanol–water partition coefficient (Wildman–Crippen LogP) is 3.24. The van der Waals surface area contributed by atoms with Crippen LogP contribution in [0.15, 0.2) is 54.6 Å². The highest BCUT2D eigenvalue weighted by molar-refractivity contribution is 5.93. The molecule has 0 aromatic heterocycles. The van der Waals surface area contributed by atoms with Crippen LogP contribution in [0.3, 0.4) is 0 Å². The number of likely N-dealkylation sites (tertiary alicyclic amines) is 1. The molecule has 0 saturated carbocycles. The van der Waals surface area contributed by atoms with Crippen LogP contribution in [-0.4, -0.2) is 72.3 Å². The van der Waals surface area contributed by atoms with Crippen LogP contribution in [0.25, 0.3) is 0 Å². The molecule has 4 rings (SSSR count). The summed E-state index contributed by atoms with van der Waals surface area (Å²) in [4.78, 5) is 32.3. The number of para-hydroxylation sites is 1. The van der Waals surface area contributed by atoms with Gasteiger partial charge in [0.1, 0.15) is 0 Å². The first-order valence-electron chi connectivity index (χ1n) is 12.3. The lowest BCUT2D eigenvalue weighted by molar-refractivity contribution is -0.139. The summed E-state index contributed by atoms with van der Waals surface area (Å²) in [6.07, 6.45) is 2.94. The second-order valence-electron chi connectivity index (χ2n) is 9.22. The Balaban J connectivity index is 1.23. The van der Waals surface area contributed by atoms with E-state index < -0.39 is 0 Å². The summed E-state index contributed by atoms with van der Waals surface area (Å²) in [5, 5.41) is 3.05. The molecule has 1 N–H and O–H groups in total. The zero-order chi connectivity index (χ0) is 23.0. The largest absolute Gasteiger partial charge is 0.340 e. The number of anilines is 1. The van der Waals surface area contributed by atoms with Gasteiger partial charge >= 0.3 is 0 Å². The zero-order valence-electron chi connectivity index (χ0n) is 19.7. The Labute approximate surface area is 197 Å². The summed E-state index contributed by atoms with van der Waals surface area (Å²) in [6, 6.07) is 18.4. The van der Waals surface area contributed by atoms with Crippen molar-refractivity contribution < 1.29 is 9.59 Å². The molecule has 2 aromatic carbocycles. The lowest BCUT2D eigenvalue weighted by atomic mass is 9.95. The van der Waals surface area contributed by atoms with Crippen molar-refractivity contribution >= 4 is 17.5 Å². The van der Waals surface area contributed by atoms with E-state index in [4.69, 9.17) is 0 Å². The Kier molecular flexibility index (Phi) is 8.13. The number of carbonyl (C=O) groups is 2. The highest BCUT2D eigenvalue weighted by Gasteiger charge is 2.31. The first-order valence-corrected chi connectivity index (χ1v) is 12.3. The third-order valence-corrected chi connectivity index (χ3v) is 6.83. The van der Waals surface area contributed by atoms with Crippen molar-refractivity contribution in [1.82, 2.24) is 14.7 Å². The van der Waals surface area contributed by atoms with E-state index in [1.165, 1.54) is 5.56 Å². The van der Waals surface area contributed by atoms with Gasteiger partial charge in [-0.1, -0.05) is 55.5 Å². The van der Waals surface area contributed by atoms with E-state index in [0.717, 1.165) is 63.2 Å². The van der Waals surface area contributed by atoms with Crippen LogP contribution in [0.1, 0.15) is 30.9 Å². The third kappa shape index (κ3) is 6.42. The number of hydrogen-bond acceptors (Lipinski definition) is 4. The summed E-state index contributed by atoms with van der Waals surface area (Å²) < 4.78 is 0.